The molecule has 0 aromatic heterocycles. The van der Waals surface area contributed by atoms with E-state index in [0.29, 0.717) is 37.7 Å². The van der Waals surface area contributed by atoms with Crippen molar-refractivity contribution in [2.24, 2.45) is 22.7 Å². The second-order valence-corrected chi connectivity index (χ2v) is 10.1. The van der Waals surface area contributed by atoms with Crippen molar-refractivity contribution in [2.75, 3.05) is 7.11 Å². The molecule has 2 bridgehead atoms. The van der Waals surface area contributed by atoms with Gasteiger partial charge in [0.15, 0.2) is 11.4 Å². The van der Waals surface area contributed by atoms with E-state index < -0.39 is 22.5 Å². The Morgan fingerprint density at radius 2 is 1.86 bits per heavy atom. The van der Waals surface area contributed by atoms with Crippen molar-refractivity contribution in [3.8, 4) is 0 Å². The summed E-state index contributed by atoms with van der Waals surface area (Å²) in [5, 5.41) is 0. The molecule has 6 nitrogen and oxygen atoms in total. The van der Waals surface area contributed by atoms with Gasteiger partial charge in [-0.3, -0.25) is 14.4 Å². The highest BCUT2D eigenvalue weighted by Crippen LogP contribution is 2.62. The van der Waals surface area contributed by atoms with Crippen molar-refractivity contribution < 1.29 is 28.6 Å². The Labute approximate surface area is 172 Å². The first kappa shape index (κ1) is 20.7. The Hall–Kier alpha value is -1.53. The lowest BCUT2D eigenvalue weighted by Gasteiger charge is -2.54. The molecule has 6 heteroatoms. The molecule has 1 saturated heterocycles. The molecular weight excluding hydrogens is 372 g/mol. The zero-order valence-electron chi connectivity index (χ0n) is 18.1. The molecule has 4 fully saturated rings. The summed E-state index contributed by atoms with van der Waals surface area (Å²) >= 11 is 0. The molecule has 0 amide bonds. The Morgan fingerprint density at radius 3 is 2.48 bits per heavy atom. The van der Waals surface area contributed by atoms with E-state index in [9.17, 15) is 14.4 Å². The fourth-order valence-corrected chi connectivity index (χ4v) is 6.64. The predicted molar refractivity (Wildman–Crippen MR) is 105 cm³/mol. The van der Waals surface area contributed by atoms with Crippen LogP contribution in [-0.2, 0) is 28.6 Å². The van der Waals surface area contributed by atoms with Gasteiger partial charge in [-0.25, -0.2) is 0 Å². The monoisotopic (exact) mass is 404 g/mol. The first-order valence-electron chi connectivity index (χ1n) is 10.6. The Balaban J connectivity index is 1.77. The molecule has 0 radical (unpaired) electrons. The average molecular weight is 405 g/mol. The quantitative estimate of drug-likeness (QED) is 0.400. The number of carbonyl (C=O) groups is 3. The van der Waals surface area contributed by atoms with Crippen molar-refractivity contribution in [1.82, 2.24) is 0 Å². The number of ketones is 2. The summed E-state index contributed by atoms with van der Waals surface area (Å²) in [7, 11) is 1.60. The number of carbonyl (C=O) groups excluding carboxylic acids is 3. The van der Waals surface area contributed by atoms with Gasteiger partial charge < -0.3 is 14.2 Å². The topological polar surface area (TPSA) is 82.2 Å². The van der Waals surface area contributed by atoms with Crippen LogP contribution in [0.3, 0.4) is 0 Å². The molecule has 0 unspecified atom stereocenters. The molecular formula is C23H32O6. The number of esters is 1. The molecule has 1 heterocycles. The second kappa shape index (κ2) is 6.48. The van der Waals surface area contributed by atoms with Crippen molar-refractivity contribution in [3.05, 3.63) is 12.2 Å². The fourth-order valence-electron chi connectivity index (χ4n) is 6.64. The van der Waals surface area contributed by atoms with Gasteiger partial charge in [0.1, 0.15) is 18.0 Å². The maximum atomic E-state index is 13.5. The summed E-state index contributed by atoms with van der Waals surface area (Å²) < 4.78 is 17.5. The largest absolute Gasteiger partial charge is 0.462 e. The van der Waals surface area contributed by atoms with E-state index in [1.165, 1.54) is 6.92 Å². The first-order chi connectivity index (χ1) is 13.5. The van der Waals surface area contributed by atoms with Crippen molar-refractivity contribution in [2.45, 2.75) is 83.7 Å². The number of hydrogen-bond acceptors (Lipinski definition) is 6. The number of rotatable bonds is 2. The summed E-state index contributed by atoms with van der Waals surface area (Å²) in [5.41, 5.74) is -1.38. The normalized spacial score (nSPS) is 46.0. The first-order valence-corrected chi connectivity index (χ1v) is 10.6. The number of methoxy groups -OCH3 is 1. The minimum absolute atomic E-state index is 0.0689. The van der Waals surface area contributed by atoms with Gasteiger partial charge in [0.05, 0.1) is 6.10 Å². The van der Waals surface area contributed by atoms with E-state index in [1.807, 2.05) is 6.92 Å². The molecule has 1 aliphatic heterocycles. The van der Waals surface area contributed by atoms with Crippen LogP contribution in [0.25, 0.3) is 0 Å². The van der Waals surface area contributed by atoms with E-state index in [1.54, 1.807) is 7.11 Å². The van der Waals surface area contributed by atoms with Gasteiger partial charge in [-0.1, -0.05) is 27.4 Å². The maximum Gasteiger partial charge on any atom is 0.302 e. The van der Waals surface area contributed by atoms with Gasteiger partial charge in [-0.2, -0.15) is 0 Å². The Morgan fingerprint density at radius 1 is 1.17 bits per heavy atom. The summed E-state index contributed by atoms with van der Waals surface area (Å²) in [6, 6.07) is 0. The van der Waals surface area contributed by atoms with Crippen LogP contribution in [-0.4, -0.2) is 48.6 Å². The van der Waals surface area contributed by atoms with Crippen molar-refractivity contribution in [3.63, 3.8) is 0 Å². The third kappa shape index (κ3) is 2.71. The molecule has 4 aliphatic rings. The molecule has 160 valence electrons. The van der Waals surface area contributed by atoms with Crippen LogP contribution in [0.2, 0.25) is 0 Å². The van der Waals surface area contributed by atoms with Crippen molar-refractivity contribution >= 4 is 17.5 Å². The van der Waals surface area contributed by atoms with Crippen LogP contribution in [0.4, 0.5) is 0 Å². The molecule has 3 aliphatic carbocycles. The lowest BCUT2D eigenvalue weighted by Crippen LogP contribution is -2.56. The highest BCUT2D eigenvalue weighted by Gasteiger charge is 2.76. The molecule has 4 rings (SSSR count). The van der Waals surface area contributed by atoms with Crippen molar-refractivity contribution in [1.29, 1.82) is 0 Å². The van der Waals surface area contributed by atoms with Gasteiger partial charge in [-0.05, 0) is 37.2 Å². The Kier molecular flexibility index (Phi) is 4.63. The minimum atomic E-state index is -0.956. The number of epoxide rings is 1. The van der Waals surface area contributed by atoms with Gasteiger partial charge in [0.25, 0.3) is 0 Å². The summed E-state index contributed by atoms with van der Waals surface area (Å²) in [4.78, 5) is 38.3. The zero-order chi connectivity index (χ0) is 21.4. The molecule has 29 heavy (non-hydrogen) atoms. The van der Waals surface area contributed by atoms with Crippen LogP contribution in [0, 0.1) is 22.7 Å². The maximum absolute atomic E-state index is 13.5. The van der Waals surface area contributed by atoms with Gasteiger partial charge in [-0.15, -0.1) is 0 Å². The SMILES string of the molecule is C=C1C(=O)[C@@]23O[C@@H]2[C@H]1CCC(=O)[C@]1(C)CC[C@H](OC(C)=O)C(C)(C)[C@@H]1C[C@H]3OC. The van der Waals surface area contributed by atoms with Gasteiger partial charge >= 0.3 is 5.97 Å². The van der Waals surface area contributed by atoms with E-state index >= 15 is 0 Å². The van der Waals surface area contributed by atoms with Crippen LogP contribution < -0.4 is 0 Å². The van der Waals surface area contributed by atoms with Crippen LogP contribution >= 0.6 is 0 Å². The standard InChI is InChI=1S/C23H32O6/c1-12-14-7-8-16(25)22(5)10-9-17(28-13(2)24)21(3,4)15(22)11-18(27-6)23(19(12)26)20(14)29-23/h14-15,17-18,20H,1,7-11H2,2-6H3/t14-,15-,17-,18+,20+,22+,23+/m0/s1. The zero-order valence-corrected chi connectivity index (χ0v) is 18.1. The lowest BCUT2D eigenvalue weighted by molar-refractivity contribution is -0.175. The molecule has 0 spiro atoms. The number of fused-ring (bicyclic) bond motifs is 1. The van der Waals surface area contributed by atoms with Crippen LogP contribution in [0.1, 0.15) is 59.8 Å². The number of ether oxygens (including phenoxy) is 3. The summed E-state index contributed by atoms with van der Waals surface area (Å²) in [6.07, 6.45) is 1.85. The highest BCUT2D eigenvalue weighted by atomic mass is 16.6. The molecule has 7 atom stereocenters. The van der Waals surface area contributed by atoms with Gasteiger partial charge in [0, 0.05) is 37.2 Å². The smallest absolute Gasteiger partial charge is 0.302 e. The minimum Gasteiger partial charge on any atom is -0.462 e. The van der Waals surface area contributed by atoms with Crippen LogP contribution in [0.15, 0.2) is 12.2 Å². The number of Topliss-reactive ketones (excluding diaryl/α,β-unsaturated/α-hetero) is 2. The number of hydrogen-bond donors (Lipinski definition) is 0. The third-order valence-corrected chi connectivity index (χ3v) is 8.41. The Bertz CT molecular complexity index is 784. The molecule has 3 saturated carbocycles. The summed E-state index contributed by atoms with van der Waals surface area (Å²) in [6.45, 7) is 11.6. The van der Waals surface area contributed by atoms with E-state index in [2.05, 4.69) is 20.4 Å². The van der Waals surface area contributed by atoms with E-state index in [-0.39, 0.29) is 41.6 Å². The third-order valence-electron chi connectivity index (χ3n) is 8.41. The highest BCUT2D eigenvalue weighted by molar-refractivity contribution is 6.08. The molecule has 0 N–H and O–H groups in total. The van der Waals surface area contributed by atoms with Crippen LogP contribution in [0.5, 0.6) is 0 Å². The fraction of sp³-hybridized carbons (Fsp3) is 0.783. The average Bonchev–Trinajstić information content (AvgIpc) is 3.34. The van der Waals surface area contributed by atoms with Gasteiger partial charge in [0.2, 0.25) is 0 Å². The molecule has 0 aromatic rings. The van der Waals surface area contributed by atoms with E-state index in [0.717, 1.165) is 0 Å². The van der Waals surface area contributed by atoms with E-state index in [4.69, 9.17) is 14.2 Å². The molecule has 0 aromatic carbocycles. The summed E-state index contributed by atoms with van der Waals surface area (Å²) in [5.74, 6) is -0.374. The predicted octanol–water partition coefficient (Wildman–Crippen LogP) is 3.02. The second-order valence-electron chi connectivity index (χ2n) is 10.1. The lowest BCUT2D eigenvalue weighted by atomic mass is 9.51.